The summed E-state index contributed by atoms with van der Waals surface area (Å²) in [6.45, 7) is 3.99. The fourth-order valence-corrected chi connectivity index (χ4v) is 4.26. The van der Waals surface area contributed by atoms with Crippen molar-refractivity contribution in [3.63, 3.8) is 0 Å². The van der Waals surface area contributed by atoms with Gasteiger partial charge in [-0.05, 0) is 35.9 Å². The van der Waals surface area contributed by atoms with Crippen LogP contribution in [-0.4, -0.2) is 31.3 Å². The molecule has 3 heterocycles. The number of Topliss-reactive ketones (excluding diaryl/α,β-unsaturated/α-hetero) is 1. The largest absolute Gasteiger partial charge is 0.419 e. The number of hydrogen-bond acceptors (Lipinski definition) is 6. The average molecular weight is 559 g/mol. The zero-order chi connectivity index (χ0) is 29.3. The van der Waals surface area contributed by atoms with E-state index in [9.17, 15) is 22.8 Å². The highest BCUT2D eigenvalue weighted by molar-refractivity contribution is 5.97. The van der Waals surface area contributed by atoms with Crippen molar-refractivity contribution in [2.75, 3.05) is 5.73 Å². The van der Waals surface area contributed by atoms with Crippen molar-refractivity contribution in [1.82, 2.24) is 24.9 Å². The summed E-state index contributed by atoms with van der Waals surface area (Å²) in [5, 5.41) is 7.35. The Morgan fingerprint density at radius 3 is 2.24 bits per heavy atom. The lowest BCUT2D eigenvalue weighted by atomic mass is 10.00. The van der Waals surface area contributed by atoms with Crippen LogP contribution in [0.3, 0.4) is 0 Å². The Kier molecular flexibility index (Phi) is 7.27. The molecule has 0 saturated heterocycles. The first kappa shape index (κ1) is 27.5. The Labute approximate surface area is 233 Å². The SMILES string of the molecule is CC(C)C(=O)c1ccc(CNC(=O)c2ccc(-c3cnc4ccc(-c5cnc(N)c(C(F)(F)F)c5)nn34)cc2)cc1. The van der Waals surface area contributed by atoms with E-state index in [2.05, 4.69) is 20.4 Å². The minimum absolute atomic E-state index is 0.0657. The minimum atomic E-state index is -4.65. The lowest BCUT2D eigenvalue weighted by Gasteiger charge is -2.11. The molecule has 5 aromatic rings. The normalized spacial score (nSPS) is 11.7. The predicted molar refractivity (Wildman–Crippen MR) is 148 cm³/mol. The highest BCUT2D eigenvalue weighted by Gasteiger charge is 2.34. The minimum Gasteiger partial charge on any atom is -0.383 e. The smallest absolute Gasteiger partial charge is 0.383 e. The van der Waals surface area contributed by atoms with E-state index in [1.807, 2.05) is 26.0 Å². The molecule has 0 atom stereocenters. The molecule has 0 fully saturated rings. The second-order valence-corrected chi connectivity index (χ2v) is 9.76. The first-order chi connectivity index (χ1) is 19.5. The third-order valence-electron chi connectivity index (χ3n) is 6.54. The molecule has 0 aliphatic rings. The van der Waals surface area contributed by atoms with Crippen LogP contribution in [0.4, 0.5) is 19.0 Å². The van der Waals surface area contributed by atoms with E-state index in [0.29, 0.717) is 34.6 Å². The number of alkyl halides is 3. The van der Waals surface area contributed by atoms with Crippen molar-refractivity contribution in [3.8, 4) is 22.5 Å². The van der Waals surface area contributed by atoms with Crippen LogP contribution in [0.1, 0.15) is 45.7 Å². The molecule has 3 N–H and O–H groups in total. The van der Waals surface area contributed by atoms with Gasteiger partial charge in [-0.3, -0.25) is 9.59 Å². The third-order valence-corrected chi connectivity index (χ3v) is 6.54. The van der Waals surface area contributed by atoms with Crippen LogP contribution in [0.2, 0.25) is 0 Å². The molecule has 0 bridgehead atoms. The summed E-state index contributed by atoms with van der Waals surface area (Å²) in [7, 11) is 0. The molecule has 0 radical (unpaired) electrons. The number of nitrogens with two attached hydrogens (primary N) is 1. The van der Waals surface area contributed by atoms with E-state index in [4.69, 9.17) is 5.73 Å². The molecule has 1 amide bonds. The molecular formula is C30H25F3N6O2. The molecule has 0 aliphatic carbocycles. The van der Waals surface area contributed by atoms with Crippen LogP contribution in [-0.2, 0) is 12.7 Å². The number of fused-ring (bicyclic) bond motifs is 1. The second-order valence-electron chi connectivity index (χ2n) is 9.76. The van der Waals surface area contributed by atoms with Crippen LogP contribution in [0.15, 0.2) is 79.1 Å². The van der Waals surface area contributed by atoms with Crippen LogP contribution < -0.4 is 11.1 Å². The number of pyridine rings is 1. The van der Waals surface area contributed by atoms with Crippen LogP contribution in [0.25, 0.3) is 28.2 Å². The van der Waals surface area contributed by atoms with Crippen molar-refractivity contribution in [2.45, 2.75) is 26.6 Å². The number of benzene rings is 2. The van der Waals surface area contributed by atoms with Crippen LogP contribution in [0.5, 0.6) is 0 Å². The molecule has 0 saturated carbocycles. The van der Waals surface area contributed by atoms with Gasteiger partial charge in [0.05, 0.1) is 23.1 Å². The highest BCUT2D eigenvalue weighted by atomic mass is 19.4. The maximum absolute atomic E-state index is 13.3. The fraction of sp³-hybridized carbons (Fsp3) is 0.167. The van der Waals surface area contributed by atoms with E-state index in [0.717, 1.165) is 11.6 Å². The van der Waals surface area contributed by atoms with E-state index < -0.39 is 17.6 Å². The zero-order valence-electron chi connectivity index (χ0n) is 22.1. The first-order valence-corrected chi connectivity index (χ1v) is 12.7. The number of nitrogens with one attached hydrogen (secondary N) is 1. The molecule has 41 heavy (non-hydrogen) atoms. The van der Waals surface area contributed by atoms with Gasteiger partial charge < -0.3 is 11.1 Å². The van der Waals surface area contributed by atoms with Gasteiger partial charge in [0.1, 0.15) is 5.82 Å². The maximum atomic E-state index is 13.3. The summed E-state index contributed by atoms with van der Waals surface area (Å²) in [5.41, 5.74) is 8.53. The number of hydrogen-bond donors (Lipinski definition) is 2. The van der Waals surface area contributed by atoms with Gasteiger partial charge in [-0.15, -0.1) is 0 Å². The van der Waals surface area contributed by atoms with E-state index in [1.165, 1.54) is 10.7 Å². The molecule has 2 aromatic carbocycles. The Balaban J connectivity index is 1.32. The van der Waals surface area contributed by atoms with Gasteiger partial charge in [-0.2, -0.15) is 18.3 Å². The Hall–Kier alpha value is -5.06. The Morgan fingerprint density at radius 1 is 0.902 bits per heavy atom. The number of amides is 1. The second kappa shape index (κ2) is 10.8. The fourth-order valence-electron chi connectivity index (χ4n) is 4.26. The van der Waals surface area contributed by atoms with E-state index >= 15 is 0 Å². The van der Waals surface area contributed by atoms with E-state index in [1.54, 1.807) is 54.7 Å². The van der Waals surface area contributed by atoms with Crippen molar-refractivity contribution < 1.29 is 22.8 Å². The number of carbonyl (C=O) groups is 2. The lowest BCUT2D eigenvalue weighted by Crippen LogP contribution is -2.22. The standard InChI is InChI=1S/C30H25F3N6O2/c1-17(2)27(40)20-5-3-18(4-6-20)14-37-29(41)21-9-7-19(8-10-21)25-16-35-26-12-11-24(38-39(25)26)22-13-23(30(31,32)33)28(34)36-15-22/h3-13,15-17H,14H2,1-2H3,(H2,34,36)(H,37,41). The number of halogens is 3. The predicted octanol–water partition coefficient (Wildman–Crippen LogP) is 5.83. The van der Waals surface area contributed by atoms with Gasteiger partial charge in [0, 0.05) is 40.9 Å². The highest BCUT2D eigenvalue weighted by Crippen LogP contribution is 2.35. The molecule has 0 spiro atoms. The molecule has 208 valence electrons. The van der Waals surface area contributed by atoms with Crippen molar-refractivity contribution in [2.24, 2.45) is 5.92 Å². The maximum Gasteiger partial charge on any atom is 0.419 e. The van der Waals surface area contributed by atoms with Crippen LogP contribution in [0, 0.1) is 5.92 Å². The molecule has 3 aromatic heterocycles. The molecule has 0 unspecified atom stereocenters. The number of aromatic nitrogens is 4. The Bertz CT molecular complexity index is 1740. The monoisotopic (exact) mass is 558 g/mol. The molecule has 11 heteroatoms. The van der Waals surface area contributed by atoms with Crippen LogP contribution >= 0.6 is 0 Å². The summed E-state index contributed by atoms with van der Waals surface area (Å²) in [4.78, 5) is 32.9. The number of anilines is 1. The van der Waals surface area contributed by atoms with E-state index in [-0.39, 0.29) is 28.9 Å². The number of nitrogens with zero attached hydrogens (tertiary/aromatic N) is 4. The van der Waals surface area contributed by atoms with Crippen molar-refractivity contribution in [3.05, 3.63) is 101 Å². The Morgan fingerprint density at radius 2 is 1.59 bits per heavy atom. The van der Waals surface area contributed by atoms with Gasteiger partial charge in [0.15, 0.2) is 11.4 Å². The van der Waals surface area contributed by atoms with Crippen molar-refractivity contribution >= 4 is 23.2 Å². The summed E-state index contributed by atoms with van der Waals surface area (Å²) < 4.78 is 41.5. The molecular weight excluding hydrogens is 533 g/mol. The summed E-state index contributed by atoms with van der Waals surface area (Å²) in [5.74, 6) is -0.898. The molecule has 8 nitrogen and oxygen atoms in total. The number of rotatable bonds is 7. The quantitative estimate of drug-likeness (QED) is 0.243. The van der Waals surface area contributed by atoms with Gasteiger partial charge >= 0.3 is 6.18 Å². The first-order valence-electron chi connectivity index (χ1n) is 12.7. The summed E-state index contributed by atoms with van der Waals surface area (Å²) in [6, 6.07) is 18.1. The van der Waals surface area contributed by atoms with Crippen molar-refractivity contribution in [1.29, 1.82) is 0 Å². The van der Waals surface area contributed by atoms with Gasteiger partial charge in [-0.25, -0.2) is 14.5 Å². The van der Waals surface area contributed by atoms with Gasteiger partial charge in [-0.1, -0.05) is 50.2 Å². The number of imidazole rings is 1. The topological polar surface area (TPSA) is 115 Å². The number of ketones is 1. The molecule has 0 aliphatic heterocycles. The molecule has 5 rings (SSSR count). The van der Waals surface area contributed by atoms with Gasteiger partial charge in [0.25, 0.3) is 5.91 Å². The lowest BCUT2D eigenvalue weighted by molar-refractivity contribution is -0.137. The number of carbonyl (C=O) groups excluding carboxylic acids is 2. The van der Waals surface area contributed by atoms with Gasteiger partial charge in [0.2, 0.25) is 0 Å². The third kappa shape index (κ3) is 5.79. The summed E-state index contributed by atoms with van der Waals surface area (Å²) in [6.07, 6.45) is -1.82. The zero-order valence-corrected chi connectivity index (χ0v) is 22.1. The number of nitrogen functional groups attached to an aromatic ring is 1. The average Bonchev–Trinajstić information content (AvgIpc) is 3.39. The summed E-state index contributed by atoms with van der Waals surface area (Å²) >= 11 is 0.